The summed E-state index contributed by atoms with van der Waals surface area (Å²) in [6.07, 6.45) is 18.0. The summed E-state index contributed by atoms with van der Waals surface area (Å²) in [4.78, 5) is 18.6. The molecule has 1 N–H and O–H groups in total. The molecule has 0 aliphatic carbocycles. The Hall–Kier alpha value is -2.55. The highest BCUT2D eigenvalue weighted by Gasteiger charge is 2.15. The highest BCUT2D eigenvalue weighted by molar-refractivity contribution is 5.83. The van der Waals surface area contributed by atoms with Gasteiger partial charge in [-0.15, -0.1) is 0 Å². The number of fused-ring (bicyclic) bond motifs is 1. The van der Waals surface area contributed by atoms with Crippen molar-refractivity contribution >= 4 is 16.8 Å². The third-order valence-electron chi connectivity index (χ3n) is 6.89. The summed E-state index contributed by atoms with van der Waals surface area (Å²) < 4.78 is 0. The van der Waals surface area contributed by atoms with Gasteiger partial charge in [-0.05, 0) is 30.0 Å². The Bertz CT molecular complexity index is 946. The van der Waals surface area contributed by atoms with Gasteiger partial charge in [-0.1, -0.05) is 120 Å². The molecule has 0 bridgehead atoms. The number of rotatable bonds is 17. The van der Waals surface area contributed by atoms with Crippen molar-refractivity contribution in [3.8, 4) is 0 Å². The summed E-state index contributed by atoms with van der Waals surface area (Å²) in [7, 11) is 0. The first-order valence-corrected chi connectivity index (χ1v) is 13.6. The molecule has 1 aromatic heterocycles. The molecule has 0 spiro atoms. The van der Waals surface area contributed by atoms with Crippen LogP contribution in [0.25, 0.3) is 10.9 Å². The van der Waals surface area contributed by atoms with Crippen LogP contribution in [-0.2, 0) is 17.8 Å². The predicted octanol–water partition coefficient (Wildman–Crippen LogP) is 8.44. The van der Waals surface area contributed by atoms with Gasteiger partial charge in [0.1, 0.15) is 0 Å². The van der Waals surface area contributed by atoms with E-state index >= 15 is 0 Å². The average Bonchev–Trinajstić information content (AvgIpc) is 3.28. The van der Waals surface area contributed by atoms with Crippen LogP contribution in [0.1, 0.15) is 95.1 Å². The molecule has 0 unspecified atom stereocenters. The molecule has 1 heterocycles. The molecule has 0 fully saturated rings. The third-order valence-corrected chi connectivity index (χ3v) is 6.89. The maximum atomic E-state index is 13.1. The van der Waals surface area contributed by atoms with Crippen LogP contribution in [0.5, 0.6) is 0 Å². The lowest BCUT2D eigenvalue weighted by Gasteiger charge is -2.23. The first-order valence-electron chi connectivity index (χ1n) is 13.6. The molecular formula is C31H44N2O. The molecule has 2 aromatic carbocycles. The van der Waals surface area contributed by atoms with Crippen LogP contribution in [-0.4, -0.2) is 22.3 Å². The molecule has 184 valence electrons. The maximum Gasteiger partial charge on any atom is 0.222 e. The zero-order valence-corrected chi connectivity index (χ0v) is 21.2. The lowest BCUT2D eigenvalue weighted by molar-refractivity contribution is -0.131. The number of benzene rings is 2. The number of aromatic nitrogens is 1. The minimum Gasteiger partial charge on any atom is -0.361 e. The van der Waals surface area contributed by atoms with Crippen molar-refractivity contribution < 1.29 is 4.79 Å². The normalized spacial score (nSPS) is 11.2. The highest BCUT2D eigenvalue weighted by atomic mass is 16.2. The molecule has 3 heteroatoms. The van der Waals surface area contributed by atoms with Gasteiger partial charge in [0.25, 0.3) is 0 Å². The summed E-state index contributed by atoms with van der Waals surface area (Å²) >= 11 is 0. The molecule has 0 atom stereocenters. The van der Waals surface area contributed by atoms with E-state index in [-0.39, 0.29) is 0 Å². The minimum absolute atomic E-state index is 0.291. The second kappa shape index (κ2) is 15.4. The van der Waals surface area contributed by atoms with Crippen LogP contribution in [0.15, 0.2) is 60.8 Å². The number of para-hydroxylation sites is 1. The molecule has 0 aliphatic rings. The van der Waals surface area contributed by atoms with E-state index in [2.05, 4.69) is 71.5 Å². The van der Waals surface area contributed by atoms with E-state index in [0.29, 0.717) is 18.9 Å². The molecule has 3 nitrogen and oxygen atoms in total. The van der Waals surface area contributed by atoms with Crippen molar-refractivity contribution in [2.45, 2.75) is 96.9 Å². The van der Waals surface area contributed by atoms with E-state index < -0.39 is 0 Å². The molecule has 3 rings (SSSR count). The number of carbonyl (C=O) groups is 1. The van der Waals surface area contributed by atoms with E-state index in [1.54, 1.807) is 0 Å². The summed E-state index contributed by atoms with van der Waals surface area (Å²) in [5, 5.41) is 1.26. The number of nitrogens with zero attached hydrogens (tertiary/aromatic N) is 1. The smallest absolute Gasteiger partial charge is 0.222 e. The van der Waals surface area contributed by atoms with E-state index in [1.807, 2.05) is 6.07 Å². The topological polar surface area (TPSA) is 36.1 Å². The van der Waals surface area contributed by atoms with Gasteiger partial charge in [-0.2, -0.15) is 0 Å². The Morgan fingerprint density at radius 1 is 0.765 bits per heavy atom. The van der Waals surface area contributed by atoms with E-state index in [9.17, 15) is 4.79 Å². The monoisotopic (exact) mass is 460 g/mol. The highest BCUT2D eigenvalue weighted by Crippen LogP contribution is 2.19. The van der Waals surface area contributed by atoms with Crippen LogP contribution < -0.4 is 0 Å². The molecule has 0 saturated carbocycles. The van der Waals surface area contributed by atoms with Crippen molar-refractivity contribution in [2.75, 3.05) is 6.54 Å². The lowest BCUT2D eigenvalue weighted by atomic mass is 10.0. The maximum absolute atomic E-state index is 13.1. The third kappa shape index (κ3) is 9.00. The van der Waals surface area contributed by atoms with Crippen molar-refractivity contribution in [1.29, 1.82) is 0 Å². The second-order valence-electron chi connectivity index (χ2n) is 9.70. The predicted molar refractivity (Wildman–Crippen MR) is 145 cm³/mol. The summed E-state index contributed by atoms with van der Waals surface area (Å²) in [6.45, 7) is 3.73. The number of H-pyrrole nitrogens is 1. The zero-order valence-electron chi connectivity index (χ0n) is 21.2. The van der Waals surface area contributed by atoms with Gasteiger partial charge in [0.05, 0.1) is 0 Å². The van der Waals surface area contributed by atoms with Gasteiger partial charge in [0.15, 0.2) is 0 Å². The quantitative estimate of drug-likeness (QED) is 0.202. The minimum atomic E-state index is 0.291. The first kappa shape index (κ1) is 26.1. The Labute approximate surface area is 207 Å². The van der Waals surface area contributed by atoms with Crippen molar-refractivity contribution in [3.63, 3.8) is 0 Å². The number of amides is 1. The fraction of sp³-hybridized carbons (Fsp3) is 0.516. The molecule has 3 aromatic rings. The Morgan fingerprint density at radius 3 is 2.09 bits per heavy atom. The summed E-state index contributed by atoms with van der Waals surface area (Å²) in [5.41, 5.74) is 3.66. The fourth-order valence-electron chi connectivity index (χ4n) is 4.79. The van der Waals surface area contributed by atoms with E-state index in [0.717, 1.165) is 19.4 Å². The van der Waals surface area contributed by atoms with Crippen molar-refractivity contribution in [3.05, 3.63) is 71.9 Å². The first-order chi connectivity index (χ1) is 16.8. The zero-order chi connectivity index (χ0) is 23.8. The largest absolute Gasteiger partial charge is 0.361 e. The second-order valence-corrected chi connectivity index (χ2v) is 9.70. The fourth-order valence-corrected chi connectivity index (χ4v) is 4.79. The Morgan fingerprint density at radius 2 is 1.38 bits per heavy atom. The van der Waals surface area contributed by atoms with E-state index in [1.165, 1.54) is 86.2 Å². The van der Waals surface area contributed by atoms with Gasteiger partial charge in [0.2, 0.25) is 5.91 Å². The molecule has 1 amide bonds. The molecule has 0 radical (unpaired) electrons. The van der Waals surface area contributed by atoms with Crippen LogP contribution in [0.4, 0.5) is 0 Å². The number of hydrogen-bond acceptors (Lipinski definition) is 1. The average molecular weight is 461 g/mol. The molecule has 34 heavy (non-hydrogen) atoms. The summed E-state index contributed by atoms with van der Waals surface area (Å²) in [6, 6.07) is 18.8. The van der Waals surface area contributed by atoms with Gasteiger partial charge < -0.3 is 9.88 Å². The standard InChI is InChI=1S/C31H44N2O/c1-2-3-4-5-6-7-8-9-10-11-15-22-31(34)33(26-27-18-13-12-14-19-27)24-23-28-25-32-30-21-17-16-20-29(28)30/h12-14,16-21,25,32H,2-11,15,22-24,26H2,1H3. The van der Waals surface area contributed by atoms with Crippen molar-refractivity contribution in [1.82, 2.24) is 9.88 Å². The van der Waals surface area contributed by atoms with Gasteiger partial charge >= 0.3 is 0 Å². The van der Waals surface area contributed by atoms with Crippen LogP contribution in [0.2, 0.25) is 0 Å². The van der Waals surface area contributed by atoms with Gasteiger partial charge in [-0.25, -0.2) is 0 Å². The SMILES string of the molecule is CCCCCCCCCCCCCC(=O)N(CCc1c[nH]c2ccccc12)Cc1ccccc1. The van der Waals surface area contributed by atoms with E-state index in [4.69, 9.17) is 0 Å². The van der Waals surface area contributed by atoms with Crippen molar-refractivity contribution in [2.24, 2.45) is 0 Å². The van der Waals surface area contributed by atoms with Crippen LogP contribution >= 0.6 is 0 Å². The Balaban J connectivity index is 1.41. The summed E-state index contributed by atoms with van der Waals surface area (Å²) in [5.74, 6) is 0.291. The number of aromatic amines is 1. The number of carbonyl (C=O) groups excluding carboxylic acids is 1. The molecular weight excluding hydrogens is 416 g/mol. The molecule has 0 aliphatic heterocycles. The Kier molecular flexibility index (Phi) is 11.8. The number of nitrogens with one attached hydrogen (secondary N) is 1. The van der Waals surface area contributed by atoms with Gasteiger partial charge in [-0.3, -0.25) is 4.79 Å². The van der Waals surface area contributed by atoms with Crippen LogP contribution in [0.3, 0.4) is 0 Å². The van der Waals surface area contributed by atoms with Gasteiger partial charge in [0, 0.05) is 36.6 Å². The number of hydrogen-bond donors (Lipinski definition) is 1. The lowest BCUT2D eigenvalue weighted by Crippen LogP contribution is -2.32. The number of unbranched alkanes of at least 4 members (excludes halogenated alkanes) is 10. The molecule has 0 saturated heterocycles. The van der Waals surface area contributed by atoms with Crippen LogP contribution in [0, 0.1) is 0 Å².